The number of hydrogen-bond acceptors (Lipinski definition) is 4. The molecular formula is C15H20N4. The zero-order valence-corrected chi connectivity index (χ0v) is 11.7. The number of aromatic nitrogens is 2. The summed E-state index contributed by atoms with van der Waals surface area (Å²) in [6, 6.07) is 10.1. The molecule has 2 rings (SSSR count). The van der Waals surface area contributed by atoms with Gasteiger partial charge in [-0.25, -0.2) is 9.97 Å². The molecular weight excluding hydrogens is 236 g/mol. The smallest absolute Gasteiger partial charge is 0.131 e. The number of rotatable bonds is 4. The van der Waals surface area contributed by atoms with Crippen LogP contribution in [0, 0.1) is 0 Å². The Morgan fingerprint density at radius 3 is 2.37 bits per heavy atom. The van der Waals surface area contributed by atoms with Crippen LogP contribution < -0.4 is 10.6 Å². The Morgan fingerprint density at radius 1 is 1.11 bits per heavy atom. The van der Waals surface area contributed by atoms with Crippen LogP contribution >= 0.6 is 0 Å². The maximum atomic E-state index is 5.85. The molecule has 4 heteroatoms. The molecule has 1 heterocycles. The highest BCUT2D eigenvalue weighted by atomic mass is 15.1. The summed E-state index contributed by atoms with van der Waals surface area (Å²) in [5.74, 6) is 1.35. The number of nitrogen functional groups attached to an aromatic ring is 1. The Bertz CT molecular complexity index is 547. The lowest BCUT2D eigenvalue weighted by Crippen LogP contribution is -2.08. The van der Waals surface area contributed by atoms with Gasteiger partial charge in [0.05, 0.1) is 5.69 Å². The third-order valence-corrected chi connectivity index (χ3v) is 2.95. The fraction of sp³-hybridized carbons (Fsp3) is 0.333. The van der Waals surface area contributed by atoms with E-state index in [1.54, 1.807) is 0 Å². The first-order chi connectivity index (χ1) is 9.10. The quantitative estimate of drug-likeness (QED) is 0.914. The molecule has 1 aromatic heterocycles. The second kappa shape index (κ2) is 5.69. The minimum Gasteiger partial charge on any atom is -0.384 e. The zero-order valence-electron chi connectivity index (χ0n) is 11.7. The molecule has 0 aliphatic rings. The molecule has 0 unspecified atom stereocenters. The molecule has 0 amide bonds. The third kappa shape index (κ3) is 3.22. The summed E-state index contributed by atoms with van der Waals surface area (Å²) in [6.07, 6.45) is 1.87. The number of anilines is 2. The summed E-state index contributed by atoms with van der Waals surface area (Å²) >= 11 is 0. The van der Waals surface area contributed by atoms with Crippen molar-refractivity contribution in [2.24, 2.45) is 0 Å². The maximum Gasteiger partial charge on any atom is 0.131 e. The second-order valence-corrected chi connectivity index (χ2v) is 4.79. The Hall–Kier alpha value is -2.10. The highest BCUT2D eigenvalue weighted by Crippen LogP contribution is 2.22. The van der Waals surface area contributed by atoms with Gasteiger partial charge in [0.25, 0.3) is 0 Å². The largest absolute Gasteiger partial charge is 0.384 e. The van der Waals surface area contributed by atoms with Gasteiger partial charge in [-0.05, 0) is 18.6 Å². The van der Waals surface area contributed by atoms with E-state index in [1.807, 2.05) is 20.2 Å². The number of aryl methyl sites for hydroxylation is 1. The molecule has 2 aromatic rings. The van der Waals surface area contributed by atoms with Crippen molar-refractivity contribution in [3.63, 3.8) is 0 Å². The maximum absolute atomic E-state index is 5.85. The van der Waals surface area contributed by atoms with Gasteiger partial charge in [0.2, 0.25) is 0 Å². The van der Waals surface area contributed by atoms with Crippen molar-refractivity contribution >= 4 is 11.5 Å². The Balaban J connectivity index is 2.35. The zero-order chi connectivity index (χ0) is 13.8. The standard InChI is InChI=1S/C15H20N4/c1-4-5-15-17-13(10-14(16)18-15)11-6-8-12(9-7-11)19(2)3/h6-10H,4-5H2,1-3H3,(H2,16,17,18). The van der Waals surface area contributed by atoms with Gasteiger partial charge in [0.1, 0.15) is 11.6 Å². The van der Waals surface area contributed by atoms with Gasteiger partial charge in [-0.15, -0.1) is 0 Å². The second-order valence-electron chi connectivity index (χ2n) is 4.79. The van der Waals surface area contributed by atoms with Crippen LogP contribution in [0.25, 0.3) is 11.3 Å². The van der Waals surface area contributed by atoms with Crippen LogP contribution in [-0.4, -0.2) is 24.1 Å². The molecule has 0 saturated carbocycles. The van der Waals surface area contributed by atoms with Crippen LogP contribution in [0.5, 0.6) is 0 Å². The van der Waals surface area contributed by atoms with Crippen molar-refractivity contribution in [1.82, 2.24) is 9.97 Å². The molecule has 0 radical (unpaired) electrons. The van der Waals surface area contributed by atoms with E-state index >= 15 is 0 Å². The van der Waals surface area contributed by atoms with Gasteiger partial charge < -0.3 is 10.6 Å². The first kappa shape index (κ1) is 13.3. The fourth-order valence-electron chi connectivity index (χ4n) is 1.93. The van der Waals surface area contributed by atoms with E-state index in [-0.39, 0.29) is 0 Å². The lowest BCUT2D eigenvalue weighted by Gasteiger charge is -2.12. The SMILES string of the molecule is CCCc1nc(N)cc(-c2ccc(N(C)C)cc2)n1. The third-order valence-electron chi connectivity index (χ3n) is 2.95. The average Bonchev–Trinajstić information content (AvgIpc) is 2.38. The van der Waals surface area contributed by atoms with Crippen molar-refractivity contribution in [3.05, 3.63) is 36.2 Å². The molecule has 0 atom stereocenters. The average molecular weight is 256 g/mol. The van der Waals surface area contributed by atoms with E-state index in [9.17, 15) is 0 Å². The molecule has 0 aliphatic heterocycles. The van der Waals surface area contributed by atoms with E-state index < -0.39 is 0 Å². The van der Waals surface area contributed by atoms with Crippen molar-refractivity contribution in [2.75, 3.05) is 24.7 Å². The van der Waals surface area contributed by atoms with Gasteiger partial charge in [-0.2, -0.15) is 0 Å². The van der Waals surface area contributed by atoms with Crippen LogP contribution in [0.2, 0.25) is 0 Å². The van der Waals surface area contributed by atoms with E-state index in [4.69, 9.17) is 5.73 Å². The molecule has 1 aromatic carbocycles. The summed E-state index contributed by atoms with van der Waals surface area (Å²) < 4.78 is 0. The lowest BCUT2D eigenvalue weighted by atomic mass is 10.1. The van der Waals surface area contributed by atoms with Gasteiger partial charge >= 0.3 is 0 Å². The Labute approximate surface area is 114 Å². The van der Waals surface area contributed by atoms with E-state index in [1.165, 1.54) is 5.69 Å². The van der Waals surface area contributed by atoms with Gasteiger partial charge in [-0.3, -0.25) is 0 Å². The topological polar surface area (TPSA) is 55.0 Å². The van der Waals surface area contributed by atoms with Gasteiger partial charge in [0, 0.05) is 37.8 Å². The first-order valence-electron chi connectivity index (χ1n) is 6.51. The van der Waals surface area contributed by atoms with Crippen LogP contribution in [0.15, 0.2) is 30.3 Å². The highest BCUT2D eigenvalue weighted by Gasteiger charge is 2.05. The predicted octanol–water partition coefficient (Wildman–Crippen LogP) is 2.74. The minimum absolute atomic E-state index is 0.533. The summed E-state index contributed by atoms with van der Waals surface area (Å²) in [5.41, 5.74) is 8.97. The van der Waals surface area contributed by atoms with Crippen LogP contribution in [0.4, 0.5) is 11.5 Å². The molecule has 0 aliphatic carbocycles. The van der Waals surface area contributed by atoms with Crippen LogP contribution in [-0.2, 0) is 6.42 Å². The number of nitrogens with two attached hydrogens (primary N) is 1. The first-order valence-corrected chi connectivity index (χ1v) is 6.51. The summed E-state index contributed by atoms with van der Waals surface area (Å²) in [5, 5.41) is 0. The van der Waals surface area contributed by atoms with Gasteiger partial charge in [0.15, 0.2) is 0 Å². The number of nitrogens with zero attached hydrogens (tertiary/aromatic N) is 3. The molecule has 0 bridgehead atoms. The van der Waals surface area contributed by atoms with E-state index in [0.29, 0.717) is 5.82 Å². The van der Waals surface area contributed by atoms with E-state index in [2.05, 4.69) is 46.1 Å². The Kier molecular flexibility index (Phi) is 4.00. The van der Waals surface area contributed by atoms with E-state index in [0.717, 1.165) is 29.9 Å². The molecule has 19 heavy (non-hydrogen) atoms. The lowest BCUT2D eigenvalue weighted by molar-refractivity contribution is 0.839. The van der Waals surface area contributed by atoms with Crippen LogP contribution in [0.1, 0.15) is 19.2 Å². The molecule has 100 valence electrons. The van der Waals surface area contributed by atoms with Crippen molar-refractivity contribution in [2.45, 2.75) is 19.8 Å². The van der Waals surface area contributed by atoms with Crippen molar-refractivity contribution < 1.29 is 0 Å². The Morgan fingerprint density at radius 2 is 1.79 bits per heavy atom. The highest BCUT2D eigenvalue weighted by molar-refractivity contribution is 5.64. The fourth-order valence-corrected chi connectivity index (χ4v) is 1.93. The molecule has 2 N–H and O–H groups in total. The minimum atomic E-state index is 0.533. The summed E-state index contributed by atoms with van der Waals surface area (Å²) in [4.78, 5) is 10.9. The molecule has 0 fully saturated rings. The summed E-state index contributed by atoms with van der Waals surface area (Å²) in [6.45, 7) is 2.11. The normalized spacial score (nSPS) is 10.5. The predicted molar refractivity (Wildman–Crippen MR) is 80.2 cm³/mol. The number of hydrogen-bond donors (Lipinski definition) is 1. The molecule has 4 nitrogen and oxygen atoms in total. The molecule has 0 spiro atoms. The van der Waals surface area contributed by atoms with Gasteiger partial charge in [-0.1, -0.05) is 19.1 Å². The molecule has 0 saturated heterocycles. The summed E-state index contributed by atoms with van der Waals surface area (Å²) in [7, 11) is 4.05. The monoisotopic (exact) mass is 256 g/mol. The van der Waals surface area contributed by atoms with Crippen LogP contribution in [0.3, 0.4) is 0 Å². The van der Waals surface area contributed by atoms with Crippen molar-refractivity contribution in [3.8, 4) is 11.3 Å². The van der Waals surface area contributed by atoms with Crippen molar-refractivity contribution in [1.29, 1.82) is 0 Å². The number of benzene rings is 1.